The lowest BCUT2D eigenvalue weighted by atomic mass is 10.2. The second-order valence-electron chi connectivity index (χ2n) is 4.55. The van der Waals surface area contributed by atoms with E-state index in [1.54, 1.807) is 11.9 Å². The number of piperazine rings is 1. The Labute approximate surface area is 122 Å². The summed E-state index contributed by atoms with van der Waals surface area (Å²) in [7, 11) is 0. The predicted molar refractivity (Wildman–Crippen MR) is 79.7 cm³/mol. The minimum absolute atomic E-state index is 0.209. The topological polar surface area (TPSA) is 67.6 Å². The number of carboxylic acids is 1. The third-order valence-electron chi connectivity index (χ3n) is 3.19. The van der Waals surface area contributed by atoms with Gasteiger partial charge < -0.3 is 10.0 Å². The van der Waals surface area contributed by atoms with Gasteiger partial charge in [0.05, 0.1) is 18.1 Å². The Kier molecular flexibility index (Phi) is 5.27. The van der Waals surface area contributed by atoms with Gasteiger partial charge in [-0.2, -0.15) is 5.26 Å². The second-order valence-corrected chi connectivity index (χ2v) is 5.73. The number of hydrogen-bond donors (Lipinski definition) is 1. The van der Waals surface area contributed by atoms with Crippen LogP contribution in [0.3, 0.4) is 0 Å². The van der Waals surface area contributed by atoms with Crippen molar-refractivity contribution in [2.45, 2.75) is 6.42 Å². The molecule has 0 amide bonds. The van der Waals surface area contributed by atoms with Gasteiger partial charge in [-0.25, -0.2) is 4.31 Å². The molecule has 1 aromatic carbocycles. The quantitative estimate of drug-likeness (QED) is 0.834. The van der Waals surface area contributed by atoms with Crippen molar-refractivity contribution in [3.8, 4) is 6.07 Å². The van der Waals surface area contributed by atoms with Gasteiger partial charge in [0, 0.05) is 37.6 Å². The molecule has 0 atom stereocenters. The van der Waals surface area contributed by atoms with Gasteiger partial charge >= 0.3 is 5.97 Å². The van der Waals surface area contributed by atoms with E-state index >= 15 is 0 Å². The summed E-state index contributed by atoms with van der Waals surface area (Å²) < 4.78 is 2.23. The first-order valence-electron chi connectivity index (χ1n) is 6.54. The summed E-state index contributed by atoms with van der Waals surface area (Å²) >= 11 is 1.61. The van der Waals surface area contributed by atoms with Gasteiger partial charge in [0.25, 0.3) is 0 Å². The molecule has 0 radical (unpaired) electrons. The minimum Gasteiger partial charge on any atom is -0.481 e. The summed E-state index contributed by atoms with van der Waals surface area (Å²) in [6.07, 6.45) is 0.209. The zero-order chi connectivity index (χ0) is 14.4. The maximum Gasteiger partial charge on any atom is 0.304 e. The summed E-state index contributed by atoms with van der Waals surface area (Å²) in [4.78, 5) is 12.8. The van der Waals surface area contributed by atoms with E-state index in [1.165, 1.54) is 0 Å². The fourth-order valence-electron chi connectivity index (χ4n) is 2.08. The van der Waals surface area contributed by atoms with Crippen LogP contribution in [-0.4, -0.2) is 47.3 Å². The summed E-state index contributed by atoms with van der Waals surface area (Å²) in [5.41, 5.74) is 1.82. The molecule has 1 aliphatic heterocycles. The zero-order valence-electron chi connectivity index (χ0n) is 11.2. The zero-order valence-corrected chi connectivity index (χ0v) is 12.0. The summed E-state index contributed by atoms with van der Waals surface area (Å²) in [5, 5.41) is 17.4. The molecule has 2 rings (SSSR count). The van der Waals surface area contributed by atoms with E-state index in [4.69, 9.17) is 10.4 Å². The maximum atomic E-state index is 10.5. The monoisotopic (exact) mass is 291 g/mol. The van der Waals surface area contributed by atoms with E-state index < -0.39 is 5.97 Å². The first-order valence-corrected chi connectivity index (χ1v) is 7.48. The highest BCUT2D eigenvalue weighted by atomic mass is 32.2. The molecular weight excluding hydrogens is 274 g/mol. The van der Waals surface area contributed by atoms with Crippen LogP contribution >= 0.6 is 11.9 Å². The van der Waals surface area contributed by atoms with E-state index in [0.29, 0.717) is 11.3 Å². The van der Waals surface area contributed by atoms with Crippen molar-refractivity contribution in [2.24, 2.45) is 0 Å². The van der Waals surface area contributed by atoms with Gasteiger partial charge in [0.2, 0.25) is 0 Å². The van der Waals surface area contributed by atoms with Gasteiger partial charge in [-0.05, 0) is 24.3 Å². The summed E-state index contributed by atoms with van der Waals surface area (Å²) in [5.74, 6) is -0.111. The molecule has 20 heavy (non-hydrogen) atoms. The highest BCUT2D eigenvalue weighted by molar-refractivity contribution is 7.97. The van der Waals surface area contributed by atoms with E-state index in [-0.39, 0.29) is 6.42 Å². The number of hydrogen-bond acceptors (Lipinski definition) is 5. The Balaban J connectivity index is 1.78. The first kappa shape index (κ1) is 14.7. The predicted octanol–water partition coefficient (Wildman–Crippen LogP) is 1.80. The molecule has 0 bridgehead atoms. The Morgan fingerprint density at radius 3 is 2.45 bits per heavy atom. The van der Waals surface area contributed by atoms with Crippen molar-refractivity contribution in [2.75, 3.05) is 36.8 Å². The number of benzene rings is 1. The van der Waals surface area contributed by atoms with Gasteiger partial charge in [-0.15, -0.1) is 0 Å². The molecule has 1 fully saturated rings. The Bertz CT molecular complexity index is 490. The molecular formula is C14H17N3O2S. The van der Waals surface area contributed by atoms with Crippen LogP contribution in [0.2, 0.25) is 0 Å². The summed E-state index contributed by atoms with van der Waals surface area (Å²) in [6, 6.07) is 9.75. The molecule has 1 saturated heterocycles. The molecule has 5 nitrogen and oxygen atoms in total. The second kappa shape index (κ2) is 7.17. The molecule has 6 heteroatoms. The molecule has 1 aromatic rings. The number of rotatable bonds is 5. The lowest BCUT2D eigenvalue weighted by molar-refractivity contribution is -0.136. The van der Waals surface area contributed by atoms with Crippen LogP contribution in [0.15, 0.2) is 24.3 Å². The number of aliphatic carboxylic acids is 1. The Morgan fingerprint density at radius 2 is 1.90 bits per heavy atom. The minimum atomic E-state index is -0.742. The fourth-order valence-corrected chi connectivity index (χ4v) is 3.03. The molecule has 0 unspecified atom stereocenters. The number of nitrogens with zero attached hydrogens (tertiary/aromatic N) is 3. The number of carbonyl (C=O) groups is 1. The molecule has 0 saturated carbocycles. The molecule has 106 valence electrons. The normalized spacial score (nSPS) is 15.8. The Hall–Kier alpha value is -1.71. The average molecular weight is 291 g/mol. The number of nitriles is 1. The Morgan fingerprint density at radius 1 is 1.25 bits per heavy atom. The first-order chi connectivity index (χ1) is 9.69. The fraction of sp³-hybridized carbons (Fsp3) is 0.429. The maximum absolute atomic E-state index is 10.5. The lowest BCUT2D eigenvalue weighted by Crippen LogP contribution is -2.43. The van der Waals surface area contributed by atoms with Gasteiger partial charge in [0.15, 0.2) is 0 Å². The van der Waals surface area contributed by atoms with Crippen molar-refractivity contribution in [3.63, 3.8) is 0 Å². The average Bonchev–Trinajstić information content (AvgIpc) is 2.48. The number of anilines is 1. The smallest absolute Gasteiger partial charge is 0.304 e. The van der Waals surface area contributed by atoms with Crippen LogP contribution in [0.25, 0.3) is 0 Å². The van der Waals surface area contributed by atoms with Gasteiger partial charge in [-0.3, -0.25) is 4.79 Å². The van der Waals surface area contributed by atoms with Crippen molar-refractivity contribution in [3.05, 3.63) is 29.8 Å². The van der Waals surface area contributed by atoms with Crippen LogP contribution in [0.4, 0.5) is 5.69 Å². The van der Waals surface area contributed by atoms with Gasteiger partial charge in [-0.1, -0.05) is 11.9 Å². The molecule has 1 N–H and O–H groups in total. The van der Waals surface area contributed by atoms with Crippen molar-refractivity contribution >= 4 is 23.6 Å². The largest absolute Gasteiger partial charge is 0.481 e. The van der Waals surface area contributed by atoms with E-state index in [9.17, 15) is 4.79 Å². The van der Waals surface area contributed by atoms with Gasteiger partial charge in [0.1, 0.15) is 0 Å². The van der Waals surface area contributed by atoms with Crippen LogP contribution < -0.4 is 4.90 Å². The van der Waals surface area contributed by atoms with Crippen LogP contribution in [0.1, 0.15) is 12.0 Å². The molecule has 0 spiro atoms. The molecule has 1 heterocycles. The highest BCUT2D eigenvalue weighted by Gasteiger charge is 2.17. The summed E-state index contributed by atoms with van der Waals surface area (Å²) in [6.45, 7) is 3.69. The SMILES string of the molecule is N#Cc1ccc(N2CCN(SCCC(=O)O)CC2)cc1. The van der Waals surface area contributed by atoms with Crippen LogP contribution in [0.5, 0.6) is 0 Å². The third-order valence-corrected chi connectivity index (χ3v) is 4.31. The van der Waals surface area contributed by atoms with E-state index in [1.807, 2.05) is 24.3 Å². The van der Waals surface area contributed by atoms with Crippen LogP contribution in [0, 0.1) is 11.3 Å². The van der Waals surface area contributed by atoms with Crippen molar-refractivity contribution in [1.29, 1.82) is 5.26 Å². The van der Waals surface area contributed by atoms with E-state index in [0.717, 1.165) is 31.9 Å². The lowest BCUT2D eigenvalue weighted by Gasteiger charge is -2.35. The number of carboxylic acid groups (broad SMARTS) is 1. The van der Waals surface area contributed by atoms with Crippen LogP contribution in [-0.2, 0) is 4.79 Å². The molecule has 0 aromatic heterocycles. The molecule has 0 aliphatic carbocycles. The highest BCUT2D eigenvalue weighted by Crippen LogP contribution is 2.20. The van der Waals surface area contributed by atoms with Crippen molar-refractivity contribution < 1.29 is 9.90 Å². The molecule has 1 aliphatic rings. The van der Waals surface area contributed by atoms with E-state index in [2.05, 4.69) is 15.3 Å². The van der Waals surface area contributed by atoms with Crippen molar-refractivity contribution in [1.82, 2.24) is 4.31 Å². The standard InChI is InChI=1S/C14H17N3O2S/c15-11-12-1-3-13(4-2-12)16-6-8-17(9-7-16)20-10-5-14(18)19/h1-4H,5-10H2,(H,18,19). The third kappa shape index (κ3) is 4.15.